The Morgan fingerprint density at radius 2 is 1.30 bits per heavy atom. The lowest BCUT2D eigenvalue weighted by Gasteiger charge is -2.13. The third kappa shape index (κ3) is 17.2. The molecule has 0 saturated carbocycles. The number of aliphatic hydroxyl groups is 2. The molecule has 0 aliphatic rings. The molecule has 0 aliphatic heterocycles. The van der Waals surface area contributed by atoms with Gasteiger partial charge in [0.1, 0.15) is 6.04 Å². The van der Waals surface area contributed by atoms with Crippen LogP contribution in [-0.2, 0) is 14.4 Å². The van der Waals surface area contributed by atoms with Gasteiger partial charge in [0.15, 0.2) is 0 Å². The number of unbranched alkanes of at least 4 members (excludes halogenated alkanes) is 8. The zero-order chi connectivity index (χ0) is 22.8. The van der Waals surface area contributed by atoms with Crippen LogP contribution in [0.1, 0.15) is 90.9 Å². The number of hydrogen-bond acceptors (Lipinski definition) is 5. The number of carboxylic acids is 1. The van der Waals surface area contributed by atoms with Crippen LogP contribution >= 0.6 is 0 Å². The van der Waals surface area contributed by atoms with E-state index in [-0.39, 0.29) is 6.42 Å². The van der Waals surface area contributed by atoms with Crippen LogP contribution in [0.25, 0.3) is 0 Å². The fraction of sp³-hybridized carbons (Fsp3) is 0.864. The summed E-state index contributed by atoms with van der Waals surface area (Å²) in [7, 11) is 0. The van der Waals surface area contributed by atoms with Crippen molar-refractivity contribution in [1.82, 2.24) is 10.6 Å². The zero-order valence-electron chi connectivity index (χ0n) is 18.7. The smallest absolute Gasteiger partial charge is 0.328 e. The fourth-order valence-electron chi connectivity index (χ4n) is 3.17. The molecule has 30 heavy (non-hydrogen) atoms. The number of carboxylic acid groups (broad SMARTS) is 1. The molecule has 0 unspecified atom stereocenters. The van der Waals surface area contributed by atoms with E-state index in [2.05, 4.69) is 24.5 Å². The molecule has 0 saturated heterocycles. The molecule has 8 heteroatoms. The molecule has 0 radical (unpaired) electrons. The highest BCUT2D eigenvalue weighted by molar-refractivity contribution is 5.87. The van der Waals surface area contributed by atoms with Gasteiger partial charge in [0.2, 0.25) is 11.8 Å². The number of carbonyl (C=O) groups excluding carboxylic acids is 2. The Labute approximate surface area is 180 Å². The first-order valence-electron chi connectivity index (χ1n) is 11.3. The number of aliphatic hydroxyl groups excluding tert-OH is 2. The number of rotatable bonds is 19. The summed E-state index contributed by atoms with van der Waals surface area (Å²) in [5.41, 5.74) is 0. The highest BCUT2D eigenvalue weighted by Gasteiger charge is 2.19. The van der Waals surface area contributed by atoms with Crippen LogP contribution in [0.5, 0.6) is 0 Å². The molecule has 0 spiro atoms. The lowest BCUT2D eigenvalue weighted by molar-refractivity contribution is -0.142. The Hall–Kier alpha value is -1.67. The van der Waals surface area contributed by atoms with Gasteiger partial charge in [-0.15, -0.1) is 0 Å². The molecule has 0 aliphatic carbocycles. The average Bonchev–Trinajstić information content (AvgIpc) is 2.68. The predicted molar refractivity (Wildman–Crippen MR) is 116 cm³/mol. The first kappa shape index (κ1) is 28.3. The van der Waals surface area contributed by atoms with E-state index in [4.69, 9.17) is 10.2 Å². The molecule has 0 bridgehead atoms. The average molecular weight is 431 g/mol. The molecule has 0 fully saturated rings. The third-order valence-electron chi connectivity index (χ3n) is 5.00. The maximum absolute atomic E-state index is 11.7. The second-order valence-electron chi connectivity index (χ2n) is 8.43. The van der Waals surface area contributed by atoms with Crippen molar-refractivity contribution in [2.45, 2.75) is 103 Å². The molecule has 0 aromatic rings. The van der Waals surface area contributed by atoms with E-state index in [0.717, 1.165) is 25.2 Å². The summed E-state index contributed by atoms with van der Waals surface area (Å²) in [6.07, 6.45) is 11.8. The summed E-state index contributed by atoms with van der Waals surface area (Å²) in [4.78, 5) is 34.0. The van der Waals surface area contributed by atoms with Gasteiger partial charge in [-0.2, -0.15) is 0 Å². The predicted octanol–water partition coefficient (Wildman–Crippen LogP) is 2.36. The van der Waals surface area contributed by atoms with Crippen LogP contribution in [0, 0.1) is 5.92 Å². The molecular weight excluding hydrogens is 388 g/mol. The summed E-state index contributed by atoms with van der Waals surface area (Å²) in [6.45, 7) is 3.40. The van der Waals surface area contributed by atoms with E-state index in [1.165, 1.54) is 44.9 Å². The van der Waals surface area contributed by atoms with Gasteiger partial charge in [-0.3, -0.25) is 9.59 Å². The highest BCUT2D eigenvalue weighted by atomic mass is 16.4. The van der Waals surface area contributed by atoms with Crippen molar-refractivity contribution in [2.24, 2.45) is 5.92 Å². The maximum atomic E-state index is 11.7. The van der Waals surface area contributed by atoms with Gasteiger partial charge in [-0.1, -0.05) is 78.1 Å². The summed E-state index contributed by atoms with van der Waals surface area (Å²) < 4.78 is 0. The third-order valence-corrected chi connectivity index (χ3v) is 5.00. The summed E-state index contributed by atoms with van der Waals surface area (Å²) in [5, 5.41) is 31.9. The summed E-state index contributed by atoms with van der Waals surface area (Å²) >= 11 is 0. The molecule has 176 valence electrons. The van der Waals surface area contributed by atoms with Crippen molar-refractivity contribution in [3.05, 3.63) is 0 Å². The lowest BCUT2D eigenvalue weighted by Crippen LogP contribution is -2.47. The lowest BCUT2D eigenvalue weighted by atomic mass is 10.0. The van der Waals surface area contributed by atoms with Gasteiger partial charge in [0.25, 0.3) is 0 Å². The molecule has 2 amide bonds. The summed E-state index contributed by atoms with van der Waals surface area (Å²) in [6, 6.07) is -1.40. The van der Waals surface area contributed by atoms with Crippen molar-refractivity contribution in [2.75, 3.05) is 13.2 Å². The number of carbonyl (C=O) groups is 3. The molecule has 0 heterocycles. The second-order valence-corrected chi connectivity index (χ2v) is 8.43. The second kappa shape index (κ2) is 18.1. The van der Waals surface area contributed by atoms with Gasteiger partial charge >= 0.3 is 5.97 Å². The SMILES string of the molecule is CC(C)CCCCCCCCCCC[C@@H](O)CC(=O)NCC(=O)N[C@@H](CO)C(=O)O. The Morgan fingerprint density at radius 1 is 0.800 bits per heavy atom. The minimum atomic E-state index is -1.40. The van der Waals surface area contributed by atoms with Crippen LogP contribution in [-0.4, -0.2) is 58.4 Å². The van der Waals surface area contributed by atoms with Gasteiger partial charge in [0, 0.05) is 0 Å². The van der Waals surface area contributed by atoms with Gasteiger partial charge in [-0.05, 0) is 12.3 Å². The van der Waals surface area contributed by atoms with E-state index in [0.29, 0.717) is 6.42 Å². The van der Waals surface area contributed by atoms with Gasteiger partial charge < -0.3 is 26.0 Å². The van der Waals surface area contributed by atoms with E-state index >= 15 is 0 Å². The van der Waals surface area contributed by atoms with Gasteiger partial charge in [-0.25, -0.2) is 4.79 Å². The number of aliphatic carboxylic acids is 1. The largest absolute Gasteiger partial charge is 0.480 e. The summed E-state index contributed by atoms with van der Waals surface area (Å²) in [5.74, 6) is -1.73. The first-order chi connectivity index (χ1) is 14.3. The minimum absolute atomic E-state index is 0.0913. The van der Waals surface area contributed by atoms with Crippen LogP contribution in [0.4, 0.5) is 0 Å². The maximum Gasteiger partial charge on any atom is 0.328 e. The molecule has 0 rings (SSSR count). The molecule has 2 atom stereocenters. The molecule has 8 nitrogen and oxygen atoms in total. The Morgan fingerprint density at radius 3 is 1.77 bits per heavy atom. The fourth-order valence-corrected chi connectivity index (χ4v) is 3.17. The monoisotopic (exact) mass is 430 g/mol. The Kier molecular flexibility index (Phi) is 17.1. The van der Waals surface area contributed by atoms with Crippen LogP contribution in [0.15, 0.2) is 0 Å². The topological polar surface area (TPSA) is 136 Å². The Bertz CT molecular complexity index is 484. The van der Waals surface area contributed by atoms with E-state index < -0.39 is 43.1 Å². The van der Waals surface area contributed by atoms with Crippen molar-refractivity contribution >= 4 is 17.8 Å². The van der Waals surface area contributed by atoms with Crippen molar-refractivity contribution in [3.63, 3.8) is 0 Å². The van der Waals surface area contributed by atoms with E-state index in [1.54, 1.807) is 0 Å². The number of hydrogen-bond donors (Lipinski definition) is 5. The van der Waals surface area contributed by atoms with Gasteiger partial charge in [0.05, 0.1) is 25.7 Å². The van der Waals surface area contributed by atoms with E-state index in [9.17, 15) is 19.5 Å². The standard InChI is InChI=1S/C22H42N2O6/c1-17(2)12-10-8-6-4-3-5-7-9-11-13-18(26)14-20(27)23-15-21(28)24-19(16-25)22(29)30/h17-19,25-26H,3-16H2,1-2H3,(H,23,27)(H,24,28)(H,29,30)/t18-,19+/m1/s1. The van der Waals surface area contributed by atoms with Crippen molar-refractivity contribution < 1.29 is 29.7 Å². The molecular formula is C22H42N2O6. The zero-order valence-corrected chi connectivity index (χ0v) is 18.7. The quantitative estimate of drug-likeness (QED) is 0.200. The van der Waals surface area contributed by atoms with Crippen molar-refractivity contribution in [1.29, 1.82) is 0 Å². The first-order valence-corrected chi connectivity index (χ1v) is 11.3. The highest BCUT2D eigenvalue weighted by Crippen LogP contribution is 2.14. The van der Waals surface area contributed by atoms with Crippen LogP contribution in [0.2, 0.25) is 0 Å². The number of amides is 2. The minimum Gasteiger partial charge on any atom is -0.480 e. The molecule has 5 N–H and O–H groups in total. The molecule has 0 aromatic carbocycles. The normalized spacial score (nSPS) is 13.1. The van der Waals surface area contributed by atoms with Crippen molar-refractivity contribution in [3.8, 4) is 0 Å². The van der Waals surface area contributed by atoms with Crippen LogP contribution < -0.4 is 10.6 Å². The molecule has 0 aromatic heterocycles. The van der Waals surface area contributed by atoms with E-state index in [1.807, 2.05) is 0 Å². The number of nitrogens with one attached hydrogen (secondary N) is 2. The van der Waals surface area contributed by atoms with Crippen LogP contribution in [0.3, 0.4) is 0 Å². The Balaban J connectivity index is 3.61.